The molecule has 1 aliphatic heterocycles. The number of hydrogen-bond donors (Lipinski definition) is 1. The van der Waals surface area contributed by atoms with Crippen LogP contribution in [0.4, 0.5) is 5.69 Å². The van der Waals surface area contributed by atoms with Gasteiger partial charge in [0, 0.05) is 12.2 Å². The first-order valence-corrected chi connectivity index (χ1v) is 10.9. The zero-order valence-electron chi connectivity index (χ0n) is 16.9. The molecule has 0 bridgehead atoms. The van der Waals surface area contributed by atoms with Gasteiger partial charge in [0.05, 0.1) is 22.9 Å². The van der Waals surface area contributed by atoms with E-state index in [1.807, 2.05) is 30.3 Å². The van der Waals surface area contributed by atoms with Crippen LogP contribution in [0.1, 0.15) is 43.5 Å². The van der Waals surface area contributed by atoms with E-state index in [0.717, 1.165) is 36.1 Å². The van der Waals surface area contributed by atoms with E-state index in [9.17, 15) is 4.79 Å². The second-order valence-electron chi connectivity index (χ2n) is 7.57. The number of ether oxygens (including phenoxy) is 3. The largest absolute Gasteiger partial charge is 0.492 e. The number of benzene rings is 2. The lowest BCUT2D eigenvalue weighted by Gasteiger charge is -2.15. The lowest BCUT2D eigenvalue weighted by molar-refractivity contribution is 0.0682. The summed E-state index contributed by atoms with van der Waals surface area (Å²) >= 11 is 3.50. The summed E-state index contributed by atoms with van der Waals surface area (Å²) in [5, 5.41) is 2.94. The van der Waals surface area contributed by atoms with Gasteiger partial charge in [-0.15, -0.1) is 0 Å². The van der Waals surface area contributed by atoms with E-state index in [2.05, 4.69) is 35.1 Å². The number of halogens is 1. The van der Waals surface area contributed by atoms with Crippen LogP contribution in [-0.4, -0.2) is 31.8 Å². The van der Waals surface area contributed by atoms with Gasteiger partial charge in [-0.2, -0.15) is 0 Å². The van der Waals surface area contributed by atoms with Gasteiger partial charge in [0.15, 0.2) is 0 Å². The van der Waals surface area contributed by atoms with E-state index >= 15 is 0 Å². The summed E-state index contributed by atoms with van der Waals surface area (Å²) in [4.78, 5) is 12.7. The molecule has 0 saturated carbocycles. The van der Waals surface area contributed by atoms with Crippen LogP contribution < -0.4 is 14.8 Å². The number of hydrogen-bond acceptors (Lipinski definition) is 4. The van der Waals surface area contributed by atoms with Crippen molar-refractivity contribution in [1.82, 2.24) is 0 Å². The van der Waals surface area contributed by atoms with Crippen molar-refractivity contribution in [2.45, 2.75) is 39.2 Å². The van der Waals surface area contributed by atoms with E-state index in [1.165, 1.54) is 0 Å². The topological polar surface area (TPSA) is 56.8 Å². The molecule has 0 radical (unpaired) electrons. The minimum atomic E-state index is -0.201. The maximum absolute atomic E-state index is 12.7. The van der Waals surface area contributed by atoms with Crippen LogP contribution >= 0.6 is 15.9 Å². The summed E-state index contributed by atoms with van der Waals surface area (Å²) in [7, 11) is 0. The minimum absolute atomic E-state index is 0.123. The molecule has 0 aliphatic carbocycles. The average molecular weight is 462 g/mol. The molecule has 0 aromatic heterocycles. The molecule has 1 atom stereocenters. The summed E-state index contributed by atoms with van der Waals surface area (Å²) in [6.45, 7) is 6.25. The average Bonchev–Trinajstić information content (AvgIpc) is 3.22. The molecule has 1 saturated heterocycles. The molecule has 29 heavy (non-hydrogen) atoms. The van der Waals surface area contributed by atoms with Gasteiger partial charge in [-0.3, -0.25) is 4.79 Å². The van der Waals surface area contributed by atoms with E-state index in [4.69, 9.17) is 14.2 Å². The Kier molecular flexibility index (Phi) is 7.95. The number of carbonyl (C=O) groups excluding carboxylic acids is 1. The maximum Gasteiger partial charge on any atom is 0.255 e. The Balaban J connectivity index is 1.61. The van der Waals surface area contributed by atoms with Gasteiger partial charge in [-0.1, -0.05) is 26.0 Å². The highest BCUT2D eigenvalue weighted by atomic mass is 79.9. The van der Waals surface area contributed by atoms with Crippen LogP contribution in [0, 0.1) is 5.92 Å². The van der Waals surface area contributed by atoms with Crippen molar-refractivity contribution < 1.29 is 19.0 Å². The van der Waals surface area contributed by atoms with Crippen molar-refractivity contribution in [1.29, 1.82) is 0 Å². The van der Waals surface area contributed by atoms with Gasteiger partial charge >= 0.3 is 0 Å². The van der Waals surface area contributed by atoms with Crippen LogP contribution in [0.5, 0.6) is 11.5 Å². The van der Waals surface area contributed by atoms with Gasteiger partial charge in [0.2, 0.25) is 0 Å². The lowest BCUT2D eigenvalue weighted by Crippen LogP contribution is -2.18. The minimum Gasteiger partial charge on any atom is -0.492 e. The highest BCUT2D eigenvalue weighted by molar-refractivity contribution is 9.10. The third-order valence-corrected chi connectivity index (χ3v) is 5.35. The fraction of sp³-hybridized carbons (Fsp3) is 0.435. The van der Waals surface area contributed by atoms with Crippen LogP contribution in [0.2, 0.25) is 0 Å². The normalized spacial score (nSPS) is 16.1. The molecule has 156 valence electrons. The van der Waals surface area contributed by atoms with E-state index in [0.29, 0.717) is 36.1 Å². The SMILES string of the molecule is CC(C)CCOc1ccc(C(=O)Nc2ccccc2OCC2CCCO2)cc1Br. The molecule has 3 rings (SSSR count). The Morgan fingerprint density at radius 3 is 2.76 bits per heavy atom. The second-order valence-corrected chi connectivity index (χ2v) is 8.43. The molecule has 6 heteroatoms. The fourth-order valence-electron chi connectivity index (χ4n) is 3.01. The number of anilines is 1. The van der Waals surface area contributed by atoms with Gasteiger partial charge in [0.25, 0.3) is 5.91 Å². The molecule has 2 aromatic carbocycles. The zero-order valence-corrected chi connectivity index (χ0v) is 18.5. The molecule has 0 spiro atoms. The molecular formula is C23H28BrNO4. The Morgan fingerprint density at radius 1 is 1.21 bits per heavy atom. The van der Waals surface area contributed by atoms with Gasteiger partial charge < -0.3 is 19.5 Å². The molecule has 1 amide bonds. The first kappa shape index (κ1) is 21.7. The monoisotopic (exact) mass is 461 g/mol. The summed E-state index contributed by atoms with van der Waals surface area (Å²) in [6.07, 6.45) is 3.18. The van der Waals surface area contributed by atoms with Gasteiger partial charge in [-0.05, 0) is 71.4 Å². The lowest BCUT2D eigenvalue weighted by atomic mass is 10.1. The van der Waals surface area contributed by atoms with Crippen LogP contribution in [-0.2, 0) is 4.74 Å². The molecule has 1 N–H and O–H groups in total. The molecule has 2 aromatic rings. The van der Waals surface area contributed by atoms with Crippen molar-refractivity contribution in [3.63, 3.8) is 0 Å². The zero-order chi connectivity index (χ0) is 20.6. The first-order chi connectivity index (χ1) is 14.0. The summed E-state index contributed by atoms with van der Waals surface area (Å²) < 4.78 is 18.0. The third-order valence-electron chi connectivity index (χ3n) is 4.73. The van der Waals surface area contributed by atoms with E-state index in [1.54, 1.807) is 12.1 Å². The van der Waals surface area contributed by atoms with Gasteiger partial charge in [-0.25, -0.2) is 0 Å². The van der Waals surface area contributed by atoms with E-state index < -0.39 is 0 Å². The number of rotatable bonds is 9. The Morgan fingerprint density at radius 2 is 2.03 bits per heavy atom. The second kappa shape index (κ2) is 10.6. The summed E-state index contributed by atoms with van der Waals surface area (Å²) in [6, 6.07) is 12.8. The Labute approximate surface area is 180 Å². The van der Waals surface area contributed by atoms with Gasteiger partial charge in [0.1, 0.15) is 18.1 Å². The van der Waals surface area contributed by atoms with Crippen molar-refractivity contribution in [2.24, 2.45) is 5.92 Å². The Hall–Kier alpha value is -2.05. The predicted octanol–water partition coefficient (Wildman–Crippen LogP) is 5.68. The standard InChI is InChI=1S/C23H28BrNO4/c1-16(2)11-13-28-21-10-9-17(14-19(21)24)23(26)25-20-7-3-4-8-22(20)29-15-18-6-5-12-27-18/h3-4,7-10,14,16,18H,5-6,11-13,15H2,1-2H3,(H,25,26). The van der Waals surface area contributed by atoms with Crippen LogP contribution in [0.3, 0.4) is 0 Å². The van der Waals surface area contributed by atoms with Crippen molar-refractivity contribution in [2.75, 3.05) is 25.1 Å². The predicted molar refractivity (Wildman–Crippen MR) is 118 cm³/mol. The summed E-state index contributed by atoms with van der Waals surface area (Å²) in [5.41, 5.74) is 1.19. The number of nitrogens with one attached hydrogen (secondary N) is 1. The Bertz CT molecular complexity index is 818. The van der Waals surface area contributed by atoms with Crippen molar-refractivity contribution in [3.8, 4) is 11.5 Å². The first-order valence-electron chi connectivity index (χ1n) is 10.1. The highest BCUT2D eigenvalue weighted by Crippen LogP contribution is 2.29. The molecule has 5 nitrogen and oxygen atoms in total. The fourth-order valence-corrected chi connectivity index (χ4v) is 3.51. The smallest absolute Gasteiger partial charge is 0.255 e. The van der Waals surface area contributed by atoms with Crippen LogP contribution in [0.15, 0.2) is 46.9 Å². The molecule has 1 unspecified atom stereocenters. The molecule has 1 fully saturated rings. The number of para-hydroxylation sites is 2. The summed E-state index contributed by atoms with van der Waals surface area (Å²) in [5.74, 6) is 1.76. The number of amides is 1. The maximum atomic E-state index is 12.7. The quantitative estimate of drug-likeness (QED) is 0.521. The van der Waals surface area contributed by atoms with Crippen LogP contribution in [0.25, 0.3) is 0 Å². The highest BCUT2D eigenvalue weighted by Gasteiger charge is 2.17. The third kappa shape index (κ3) is 6.47. The molecular weight excluding hydrogens is 434 g/mol. The number of carbonyl (C=O) groups is 1. The molecule has 1 aliphatic rings. The van der Waals surface area contributed by atoms with Crippen molar-refractivity contribution in [3.05, 3.63) is 52.5 Å². The molecule has 1 heterocycles. The van der Waals surface area contributed by atoms with E-state index in [-0.39, 0.29) is 12.0 Å². The van der Waals surface area contributed by atoms with Crippen molar-refractivity contribution >= 4 is 27.5 Å².